The summed E-state index contributed by atoms with van der Waals surface area (Å²) in [6.07, 6.45) is 2.68. The summed E-state index contributed by atoms with van der Waals surface area (Å²) in [6, 6.07) is 3.08. The number of hydrogen-bond acceptors (Lipinski definition) is 4. The first-order valence-corrected chi connectivity index (χ1v) is 6.42. The van der Waals surface area contributed by atoms with Gasteiger partial charge in [-0.2, -0.15) is 0 Å². The summed E-state index contributed by atoms with van der Waals surface area (Å²) >= 11 is 0. The van der Waals surface area contributed by atoms with Gasteiger partial charge in [-0.3, -0.25) is 0 Å². The van der Waals surface area contributed by atoms with Gasteiger partial charge in [0.1, 0.15) is 5.76 Å². The van der Waals surface area contributed by atoms with Crippen molar-refractivity contribution in [1.29, 1.82) is 0 Å². The second-order valence-corrected chi connectivity index (χ2v) is 5.00. The van der Waals surface area contributed by atoms with Crippen LogP contribution in [0.4, 0.5) is 0 Å². The Kier molecular flexibility index (Phi) is 4.72. The molecule has 0 amide bonds. The Balaban J connectivity index is 2.55. The number of hydrogen-bond donors (Lipinski definition) is 2. The predicted molar refractivity (Wildman–Crippen MR) is 61.5 cm³/mol. The Labute approximate surface area is 95.6 Å². The normalized spacial score (nSPS) is 11.6. The van der Waals surface area contributed by atoms with E-state index in [-0.39, 0.29) is 5.09 Å². The van der Waals surface area contributed by atoms with Crippen LogP contribution in [0.1, 0.15) is 12.2 Å². The molecule has 0 bridgehead atoms. The second-order valence-electron chi connectivity index (χ2n) is 3.18. The second kappa shape index (κ2) is 5.83. The van der Waals surface area contributed by atoms with E-state index < -0.39 is 10.0 Å². The molecule has 16 heavy (non-hydrogen) atoms. The molecule has 5 nitrogen and oxygen atoms in total. The maximum Gasteiger partial charge on any atom is 0.273 e. The lowest BCUT2D eigenvalue weighted by Gasteiger charge is -2.00. The van der Waals surface area contributed by atoms with E-state index >= 15 is 0 Å². The van der Waals surface area contributed by atoms with Gasteiger partial charge in [-0.05, 0) is 32.1 Å². The highest BCUT2D eigenvalue weighted by molar-refractivity contribution is 7.89. The first-order chi connectivity index (χ1) is 7.60. The van der Waals surface area contributed by atoms with Crippen molar-refractivity contribution in [3.63, 3.8) is 0 Å². The SMILES string of the molecule is C=CCCNCc1ccc(S(=O)(=O)NC)o1. The molecular formula is C10H16N2O3S. The molecule has 90 valence electrons. The number of nitrogens with one attached hydrogen (secondary N) is 2. The van der Waals surface area contributed by atoms with Gasteiger partial charge in [0.05, 0.1) is 6.54 Å². The van der Waals surface area contributed by atoms with E-state index in [4.69, 9.17) is 4.42 Å². The molecule has 1 heterocycles. The molecule has 0 spiro atoms. The molecule has 0 radical (unpaired) electrons. The van der Waals surface area contributed by atoms with Crippen molar-refractivity contribution >= 4 is 10.0 Å². The Morgan fingerprint density at radius 1 is 1.50 bits per heavy atom. The predicted octanol–water partition coefficient (Wildman–Crippen LogP) is 0.853. The lowest BCUT2D eigenvalue weighted by atomic mass is 10.4. The fourth-order valence-electron chi connectivity index (χ4n) is 1.11. The van der Waals surface area contributed by atoms with Gasteiger partial charge >= 0.3 is 0 Å². The van der Waals surface area contributed by atoms with E-state index in [1.54, 1.807) is 6.07 Å². The molecule has 2 N–H and O–H groups in total. The fourth-order valence-corrected chi connectivity index (χ4v) is 1.78. The smallest absolute Gasteiger partial charge is 0.273 e. The minimum atomic E-state index is -3.47. The molecule has 0 saturated heterocycles. The molecule has 0 aliphatic heterocycles. The summed E-state index contributed by atoms with van der Waals surface area (Å²) in [4.78, 5) is 0. The highest BCUT2D eigenvalue weighted by Gasteiger charge is 2.15. The average Bonchev–Trinajstić information content (AvgIpc) is 2.74. The monoisotopic (exact) mass is 244 g/mol. The number of rotatable bonds is 7. The van der Waals surface area contributed by atoms with Crippen molar-refractivity contribution < 1.29 is 12.8 Å². The van der Waals surface area contributed by atoms with E-state index in [1.807, 2.05) is 6.08 Å². The zero-order valence-electron chi connectivity index (χ0n) is 9.19. The van der Waals surface area contributed by atoms with Crippen molar-refractivity contribution in [3.05, 3.63) is 30.5 Å². The van der Waals surface area contributed by atoms with E-state index in [1.165, 1.54) is 13.1 Å². The quantitative estimate of drug-likeness (QED) is 0.551. The van der Waals surface area contributed by atoms with Crippen LogP contribution in [0, 0.1) is 0 Å². The van der Waals surface area contributed by atoms with Gasteiger partial charge in [-0.1, -0.05) is 6.08 Å². The summed E-state index contributed by atoms with van der Waals surface area (Å²) in [6.45, 7) is 4.90. The summed E-state index contributed by atoms with van der Waals surface area (Å²) in [5.41, 5.74) is 0. The van der Waals surface area contributed by atoms with Crippen LogP contribution in [0.25, 0.3) is 0 Å². The van der Waals surface area contributed by atoms with E-state index in [0.717, 1.165) is 13.0 Å². The molecule has 0 unspecified atom stereocenters. The summed E-state index contributed by atoms with van der Waals surface area (Å²) in [5.74, 6) is 0.595. The van der Waals surface area contributed by atoms with Crippen LogP contribution in [0.15, 0.2) is 34.3 Å². The van der Waals surface area contributed by atoms with Gasteiger partial charge in [0.15, 0.2) is 0 Å². The molecule has 0 saturated carbocycles. The van der Waals surface area contributed by atoms with Gasteiger partial charge in [-0.25, -0.2) is 13.1 Å². The minimum absolute atomic E-state index is 0.0597. The Bertz CT molecular complexity index is 437. The molecule has 6 heteroatoms. The average molecular weight is 244 g/mol. The standard InChI is InChI=1S/C10H16N2O3S/c1-3-4-7-12-8-9-5-6-10(15-9)16(13,14)11-2/h3,5-6,11-12H,1,4,7-8H2,2H3. The van der Waals surface area contributed by atoms with Crippen molar-refractivity contribution in [2.45, 2.75) is 18.1 Å². The third-order valence-corrected chi connectivity index (χ3v) is 3.28. The summed E-state index contributed by atoms with van der Waals surface area (Å²) < 4.78 is 30.1. The molecule has 0 atom stereocenters. The third kappa shape index (κ3) is 3.48. The van der Waals surface area contributed by atoms with Crippen LogP contribution in [-0.2, 0) is 16.6 Å². The van der Waals surface area contributed by atoms with Gasteiger partial charge in [0, 0.05) is 0 Å². The Morgan fingerprint density at radius 3 is 2.88 bits per heavy atom. The third-order valence-electron chi connectivity index (χ3n) is 2.00. The lowest BCUT2D eigenvalue weighted by molar-refractivity contribution is 0.401. The van der Waals surface area contributed by atoms with E-state index in [2.05, 4.69) is 16.6 Å². The van der Waals surface area contributed by atoms with Crippen LogP contribution in [0.5, 0.6) is 0 Å². The maximum absolute atomic E-state index is 11.4. The van der Waals surface area contributed by atoms with Crippen molar-refractivity contribution in [1.82, 2.24) is 10.0 Å². The topological polar surface area (TPSA) is 71.3 Å². The van der Waals surface area contributed by atoms with Crippen LogP contribution in [0.2, 0.25) is 0 Å². The Morgan fingerprint density at radius 2 is 2.25 bits per heavy atom. The van der Waals surface area contributed by atoms with Gasteiger partial charge in [0.25, 0.3) is 10.0 Å². The van der Waals surface area contributed by atoms with E-state index in [9.17, 15) is 8.42 Å². The molecule has 0 fully saturated rings. The zero-order valence-corrected chi connectivity index (χ0v) is 10.0. The highest BCUT2D eigenvalue weighted by Crippen LogP contribution is 2.12. The van der Waals surface area contributed by atoms with Crippen molar-refractivity contribution in [2.24, 2.45) is 0 Å². The van der Waals surface area contributed by atoms with Crippen LogP contribution < -0.4 is 10.0 Å². The molecule has 1 aromatic heterocycles. The fraction of sp³-hybridized carbons (Fsp3) is 0.400. The zero-order chi connectivity index (χ0) is 12.0. The number of sulfonamides is 1. The van der Waals surface area contributed by atoms with Crippen LogP contribution >= 0.6 is 0 Å². The molecule has 1 rings (SSSR count). The minimum Gasteiger partial charge on any atom is -0.447 e. The summed E-state index contributed by atoms with van der Waals surface area (Å²) in [5, 5.41) is 3.05. The highest BCUT2D eigenvalue weighted by atomic mass is 32.2. The largest absolute Gasteiger partial charge is 0.447 e. The Hall–Kier alpha value is -1.11. The molecule has 0 aliphatic carbocycles. The molecule has 0 aliphatic rings. The van der Waals surface area contributed by atoms with Gasteiger partial charge in [-0.15, -0.1) is 6.58 Å². The van der Waals surface area contributed by atoms with Crippen molar-refractivity contribution in [2.75, 3.05) is 13.6 Å². The maximum atomic E-state index is 11.4. The first kappa shape index (κ1) is 13.0. The van der Waals surface area contributed by atoms with Gasteiger partial charge in [0.2, 0.25) is 5.09 Å². The van der Waals surface area contributed by atoms with Crippen molar-refractivity contribution in [3.8, 4) is 0 Å². The van der Waals surface area contributed by atoms with Gasteiger partial charge < -0.3 is 9.73 Å². The van der Waals surface area contributed by atoms with Crippen LogP contribution in [0.3, 0.4) is 0 Å². The molecular weight excluding hydrogens is 228 g/mol. The summed E-state index contributed by atoms with van der Waals surface area (Å²) in [7, 11) is -2.13. The number of furan rings is 1. The lowest BCUT2D eigenvalue weighted by Crippen LogP contribution is -2.18. The van der Waals surface area contributed by atoms with Crippen LogP contribution in [-0.4, -0.2) is 22.0 Å². The van der Waals surface area contributed by atoms with E-state index in [0.29, 0.717) is 12.3 Å². The first-order valence-electron chi connectivity index (χ1n) is 4.94. The molecule has 1 aromatic rings. The molecule has 0 aromatic carbocycles.